The van der Waals surface area contributed by atoms with Crippen LogP contribution in [-0.4, -0.2) is 7.05 Å². The highest BCUT2D eigenvalue weighted by Gasteiger charge is 1.96. The summed E-state index contributed by atoms with van der Waals surface area (Å²) in [6, 6.07) is 19.1. The molecule has 0 amide bonds. The lowest BCUT2D eigenvalue weighted by molar-refractivity contribution is 0.818. The summed E-state index contributed by atoms with van der Waals surface area (Å²) in [4.78, 5) is 0. The zero-order valence-corrected chi connectivity index (χ0v) is 10.1. The van der Waals surface area contributed by atoms with Crippen molar-refractivity contribution < 1.29 is 0 Å². The Morgan fingerprint density at radius 3 is 1.94 bits per heavy atom. The Morgan fingerprint density at radius 2 is 1.38 bits per heavy atom. The number of hydrogen-bond acceptors (Lipinski definition) is 1. The Hall–Kier alpha value is -1.31. The highest BCUT2D eigenvalue weighted by Crippen LogP contribution is 2.18. The third-order valence-electron chi connectivity index (χ3n) is 2.44. The van der Waals surface area contributed by atoms with Gasteiger partial charge < -0.3 is 5.32 Å². The van der Waals surface area contributed by atoms with Crippen LogP contribution < -0.4 is 5.32 Å². The van der Waals surface area contributed by atoms with Crippen molar-refractivity contribution in [2.24, 2.45) is 0 Å². The molecule has 0 aromatic heterocycles. The molecule has 0 aliphatic rings. The summed E-state index contributed by atoms with van der Waals surface area (Å²) in [5.74, 6) is 0. The van der Waals surface area contributed by atoms with E-state index in [2.05, 4.69) is 53.8 Å². The molecule has 0 aliphatic carbocycles. The van der Waals surface area contributed by atoms with Crippen molar-refractivity contribution in [1.82, 2.24) is 5.32 Å². The van der Waals surface area contributed by atoms with E-state index < -0.39 is 0 Å². The van der Waals surface area contributed by atoms with Crippen molar-refractivity contribution in [3.05, 3.63) is 60.2 Å². The van der Waals surface area contributed by atoms with Gasteiger partial charge in [0.25, 0.3) is 0 Å². The molecule has 2 heteroatoms. The SMILES string of the molecule is CNCc1ccc(-c2ccccc2)cc1.Cl. The smallest absolute Gasteiger partial charge is 0.0202 e. The minimum Gasteiger partial charge on any atom is -0.316 e. The van der Waals surface area contributed by atoms with Crippen LogP contribution in [0.4, 0.5) is 0 Å². The average molecular weight is 234 g/mol. The molecular formula is C14H16ClN. The highest BCUT2D eigenvalue weighted by atomic mass is 35.5. The van der Waals surface area contributed by atoms with Gasteiger partial charge in [0.2, 0.25) is 0 Å². The maximum absolute atomic E-state index is 3.14. The quantitative estimate of drug-likeness (QED) is 0.856. The Labute approximate surface area is 103 Å². The second-order valence-corrected chi connectivity index (χ2v) is 3.59. The van der Waals surface area contributed by atoms with Gasteiger partial charge in [-0.05, 0) is 23.7 Å². The van der Waals surface area contributed by atoms with Crippen molar-refractivity contribution in [3.63, 3.8) is 0 Å². The lowest BCUT2D eigenvalue weighted by Crippen LogP contribution is -2.04. The second kappa shape index (κ2) is 6.31. The molecule has 0 radical (unpaired) electrons. The van der Waals surface area contributed by atoms with E-state index in [1.54, 1.807) is 0 Å². The molecule has 16 heavy (non-hydrogen) atoms. The van der Waals surface area contributed by atoms with Crippen molar-refractivity contribution in [1.29, 1.82) is 0 Å². The zero-order chi connectivity index (χ0) is 10.5. The van der Waals surface area contributed by atoms with Gasteiger partial charge in [-0.15, -0.1) is 12.4 Å². The minimum absolute atomic E-state index is 0. The van der Waals surface area contributed by atoms with Crippen LogP contribution in [0, 0.1) is 0 Å². The van der Waals surface area contributed by atoms with Crippen LogP contribution in [0.3, 0.4) is 0 Å². The number of hydrogen-bond donors (Lipinski definition) is 1. The van der Waals surface area contributed by atoms with Gasteiger partial charge in [-0.2, -0.15) is 0 Å². The van der Waals surface area contributed by atoms with Crippen LogP contribution in [0.15, 0.2) is 54.6 Å². The van der Waals surface area contributed by atoms with Crippen LogP contribution in [0.1, 0.15) is 5.56 Å². The summed E-state index contributed by atoms with van der Waals surface area (Å²) in [6.45, 7) is 0.926. The maximum Gasteiger partial charge on any atom is 0.0202 e. The number of nitrogens with one attached hydrogen (secondary N) is 1. The normalized spacial score (nSPS) is 9.56. The molecule has 2 rings (SSSR count). The fraction of sp³-hybridized carbons (Fsp3) is 0.143. The van der Waals surface area contributed by atoms with Gasteiger partial charge in [-0.1, -0.05) is 54.6 Å². The molecule has 0 heterocycles. The molecule has 0 saturated carbocycles. The van der Waals surface area contributed by atoms with Gasteiger partial charge in [0.1, 0.15) is 0 Å². The third-order valence-corrected chi connectivity index (χ3v) is 2.44. The van der Waals surface area contributed by atoms with E-state index in [4.69, 9.17) is 0 Å². The first-order chi connectivity index (χ1) is 7.40. The Kier molecular flexibility index (Phi) is 5.03. The summed E-state index contributed by atoms with van der Waals surface area (Å²) in [5.41, 5.74) is 3.86. The van der Waals surface area contributed by atoms with Gasteiger partial charge >= 0.3 is 0 Å². The van der Waals surface area contributed by atoms with E-state index in [1.807, 2.05) is 13.1 Å². The predicted octanol–water partition coefficient (Wildman–Crippen LogP) is 3.49. The summed E-state index contributed by atoms with van der Waals surface area (Å²) in [5, 5.41) is 3.14. The molecule has 0 spiro atoms. The molecule has 2 aromatic rings. The van der Waals surface area contributed by atoms with Gasteiger partial charge in [0, 0.05) is 6.54 Å². The Balaban J connectivity index is 0.00000128. The van der Waals surface area contributed by atoms with E-state index >= 15 is 0 Å². The molecule has 84 valence electrons. The Bertz CT molecular complexity index is 409. The van der Waals surface area contributed by atoms with E-state index in [-0.39, 0.29) is 12.4 Å². The topological polar surface area (TPSA) is 12.0 Å². The first kappa shape index (κ1) is 12.8. The zero-order valence-electron chi connectivity index (χ0n) is 9.31. The molecule has 0 saturated heterocycles. The first-order valence-electron chi connectivity index (χ1n) is 5.19. The fourth-order valence-electron chi connectivity index (χ4n) is 1.65. The predicted molar refractivity (Wildman–Crippen MR) is 71.9 cm³/mol. The van der Waals surface area contributed by atoms with Crippen molar-refractivity contribution >= 4 is 12.4 Å². The molecule has 1 N–H and O–H groups in total. The van der Waals surface area contributed by atoms with Crippen molar-refractivity contribution in [2.45, 2.75) is 6.54 Å². The van der Waals surface area contributed by atoms with Crippen LogP contribution >= 0.6 is 12.4 Å². The van der Waals surface area contributed by atoms with Gasteiger partial charge in [0.15, 0.2) is 0 Å². The largest absolute Gasteiger partial charge is 0.316 e. The molecule has 0 aliphatic heterocycles. The lowest BCUT2D eigenvalue weighted by Gasteiger charge is -2.03. The molecule has 0 fully saturated rings. The van der Waals surface area contributed by atoms with Gasteiger partial charge in [-0.25, -0.2) is 0 Å². The number of rotatable bonds is 3. The van der Waals surface area contributed by atoms with Crippen LogP contribution in [0.5, 0.6) is 0 Å². The van der Waals surface area contributed by atoms with E-state index in [0.29, 0.717) is 0 Å². The van der Waals surface area contributed by atoms with Crippen LogP contribution in [0.25, 0.3) is 11.1 Å². The second-order valence-electron chi connectivity index (χ2n) is 3.59. The van der Waals surface area contributed by atoms with Crippen LogP contribution in [0.2, 0.25) is 0 Å². The molecule has 0 atom stereocenters. The van der Waals surface area contributed by atoms with Crippen molar-refractivity contribution in [3.8, 4) is 11.1 Å². The summed E-state index contributed by atoms with van der Waals surface area (Å²) >= 11 is 0. The fourth-order valence-corrected chi connectivity index (χ4v) is 1.65. The standard InChI is InChI=1S/C14H15N.ClH/c1-15-11-12-7-9-14(10-8-12)13-5-3-2-4-6-13;/h2-10,15H,11H2,1H3;1H. The monoisotopic (exact) mass is 233 g/mol. The summed E-state index contributed by atoms with van der Waals surface area (Å²) < 4.78 is 0. The van der Waals surface area contributed by atoms with Crippen LogP contribution in [-0.2, 0) is 6.54 Å². The lowest BCUT2D eigenvalue weighted by atomic mass is 10.0. The minimum atomic E-state index is 0. The van der Waals surface area contributed by atoms with E-state index in [1.165, 1.54) is 16.7 Å². The van der Waals surface area contributed by atoms with E-state index in [0.717, 1.165) is 6.54 Å². The maximum atomic E-state index is 3.14. The number of halogens is 1. The summed E-state index contributed by atoms with van der Waals surface area (Å²) in [7, 11) is 1.96. The molecule has 0 bridgehead atoms. The molecule has 0 unspecified atom stereocenters. The third kappa shape index (κ3) is 3.09. The van der Waals surface area contributed by atoms with Gasteiger partial charge in [-0.3, -0.25) is 0 Å². The Morgan fingerprint density at radius 1 is 0.812 bits per heavy atom. The number of benzene rings is 2. The first-order valence-corrected chi connectivity index (χ1v) is 5.19. The highest BCUT2D eigenvalue weighted by molar-refractivity contribution is 5.85. The average Bonchev–Trinajstić information content (AvgIpc) is 2.32. The molecule has 2 aromatic carbocycles. The van der Waals surface area contributed by atoms with Gasteiger partial charge in [0.05, 0.1) is 0 Å². The summed E-state index contributed by atoms with van der Waals surface area (Å²) in [6.07, 6.45) is 0. The van der Waals surface area contributed by atoms with E-state index in [9.17, 15) is 0 Å². The van der Waals surface area contributed by atoms with Crippen molar-refractivity contribution in [2.75, 3.05) is 7.05 Å². The molecule has 1 nitrogen and oxygen atoms in total. The molecular weight excluding hydrogens is 218 g/mol.